The number of benzene rings is 5. The van der Waals surface area contributed by atoms with Gasteiger partial charge in [0.2, 0.25) is 0 Å². The molecule has 0 aliphatic heterocycles. The van der Waals surface area contributed by atoms with Crippen LogP contribution in [0.4, 0.5) is 4.79 Å². The van der Waals surface area contributed by atoms with E-state index in [2.05, 4.69) is 80.2 Å². The third kappa shape index (κ3) is 4.72. The van der Waals surface area contributed by atoms with Gasteiger partial charge in [-0.25, -0.2) is 4.79 Å². The first-order chi connectivity index (χ1) is 15.3. The summed E-state index contributed by atoms with van der Waals surface area (Å²) in [5.74, 6) is 0. The van der Waals surface area contributed by atoms with Crippen molar-refractivity contribution in [3.05, 3.63) is 97.1 Å². The summed E-state index contributed by atoms with van der Waals surface area (Å²) < 4.78 is 25.8. The molecular weight excluding hydrogens is 443 g/mol. The van der Waals surface area contributed by atoms with Crippen molar-refractivity contribution in [2.24, 2.45) is 0 Å². The molecule has 160 valence electrons. The molecule has 1 unspecified atom stereocenters. The van der Waals surface area contributed by atoms with Gasteiger partial charge in [-0.15, -0.1) is 9.24 Å². The Bertz CT molecular complexity index is 1550. The van der Waals surface area contributed by atoms with Crippen molar-refractivity contribution in [2.75, 3.05) is 0 Å². The van der Waals surface area contributed by atoms with Gasteiger partial charge in [-0.2, -0.15) is 8.42 Å². The third-order valence-corrected chi connectivity index (χ3v) is 6.51. The van der Waals surface area contributed by atoms with Crippen LogP contribution in [0.15, 0.2) is 102 Å². The maximum absolute atomic E-state index is 11.0. The summed E-state index contributed by atoms with van der Waals surface area (Å²) in [4.78, 5) is 9.80. The van der Waals surface area contributed by atoms with Crippen LogP contribution in [-0.4, -0.2) is 19.7 Å². The summed E-state index contributed by atoms with van der Waals surface area (Å²) in [5.41, 5.74) is 0. The highest BCUT2D eigenvalue weighted by Crippen LogP contribution is 2.29. The molecule has 0 aromatic heterocycles. The van der Waals surface area contributed by atoms with E-state index >= 15 is 0 Å². The molecule has 0 saturated heterocycles. The van der Waals surface area contributed by atoms with Crippen molar-refractivity contribution in [2.45, 2.75) is 4.90 Å². The van der Waals surface area contributed by atoms with E-state index in [-0.39, 0.29) is 4.90 Å². The van der Waals surface area contributed by atoms with Gasteiger partial charge in [-0.1, -0.05) is 66.7 Å². The number of carbonyl (C=O) groups is 1. The van der Waals surface area contributed by atoms with Crippen LogP contribution in [0.3, 0.4) is 0 Å². The van der Waals surface area contributed by atoms with Gasteiger partial charge < -0.3 is 9.29 Å². The molecular formula is C25H19O5PS. The Balaban J connectivity index is 0.000000166. The van der Waals surface area contributed by atoms with E-state index in [1.165, 1.54) is 61.9 Å². The molecule has 0 bridgehead atoms. The quantitative estimate of drug-likeness (QED) is 0.157. The van der Waals surface area contributed by atoms with E-state index in [9.17, 15) is 13.2 Å². The summed E-state index contributed by atoms with van der Waals surface area (Å²) >= 11 is 0. The van der Waals surface area contributed by atoms with Gasteiger partial charge in [0.15, 0.2) is 0 Å². The average Bonchev–Trinajstić information content (AvgIpc) is 2.78. The monoisotopic (exact) mass is 462 g/mol. The van der Waals surface area contributed by atoms with Crippen molar-refractivity contribution >= 4 is 63.1 Å². The second kappa shape index (κ2) is 8.95. The van der Waals surface area contributed by atoms with Gasteiger partial charge in [0.25, 0.3) is 0 Å². The largest absolute Gasteiger partial charge is 0.522 e. The minimum absolute atomic E-state index is 0.183. The fraction of sp³-hybridized carbons (Fsp3) is 0. The first kappa shape index (κ1) is 21.8. The van der Waals surface area contributed by atoms with Crippen LogP contribution >= 0.6 is 9.24 Å². The van der Waals surface area contributed by atoms with E-state index in [1.54, 1.807) is 6.07 Å². The predicted molar refractivity (Wildman–Crippen MR) is 131 cm³/mol. The molecule has 0 fully saturated rings. The van der Waals surface area contributed by atoms with Crippen molar-refractivity contribution < 1.29 is 22.5 Å². The molecule has 5 rings (SSSR count). The minimum atomic E-state index is -4.16. The van der Waals surface area contributed by atoms with Crippen LogP contribution < -0.4 is 5.30 Å². The Morgan fingerprint density at radius 1 is 0.688 bits per heavy atom. The van der Waals surface area contributed by atoms with Gasteiger partial charge in [0.05, 0.1) is 0 Å². The lowest BCUT2D eigenvalue weighted by Gasteiger charge is -2.07. The first-order valence-electron chi connectivity index (χ1n) is 9.67. The van der Waals surface area contributed by atoms with Crippen LogP contribution in [-0.2, 0) is 14.3 Å². The van der Waals surface area contributed by atoms with Crippen LogP contribution in [0.5, 0.6) is 0 Å². The highest BCUT2D eigenvalue weighted by atomic mass is 32.2. The van der Waals surface area contributed by atoms with E-state index in [4.69, 9.17) is 5.11 Å². The molecule has 5 aromatic carbocycles. The van der Waals surface area contributed by atoms with Gasteiger partial charge in [0, 0.05) is 0 Å². The maximum atomic E-state index is 11.0. The molecule has 32 heavy (non-hydrogen) atoms. The second-order valence-corrected chi connectivity index (χ2v) is 9.30. The predicted octanol–water partition coefficient (Wildman–Crippen LogP) is 5.72. The summed E-state index contributed by atoms with van der Waals surface area (Å²) in [6, 6.07) is 31.2. The molecule has 0 heterocycles. The summed E-state index contributed by atoms with van der Waals surface area (Å²) in [5, 5.41) is 17.2. The number of carboxylic acid groups (broad SMARTS) is 1. The van der Waals surface area contributed by atoms with Crippen LogP contribution in [0.25, 0.3) is 32.3 Å². The molecule has 1 atom stereocenters. The van der Waals surface area contributed by atoms with Gasteiger partial charge >= 0.3 is 16.3 Å². The zero-order valence-corrected chi connectivity index (χ0v) is 18.8. The van der Waals surface area contributed by atoms with E-state index in [0.29, 0.717) is 0 Å². The Kier molecular flexibility index (Phi) is 6.08. The molecule has 0 spiro atoms. The Morgan fingerprint density at radius 3 is 1.94 bits per heavy atom. The molecule has 0 radical (unpaired) electrons. The van der Waals surface area contributed by atoms with Gasteiger partial charge in [0.1, 0.15) is 4.90 Å². The second-order valence-electron chi connectivity index (χ2n) is 7.08. The zero-order chi connectivity index (χ0) is 22.7. The van der Waals surface area contributed by atoms with E-state index in [1.807, 2.05) is 0 Å². The smallest absolute Gasteiger partial charge is 0.449 e. The molecule has 0 saturated carbocycles. The summed E-state index contributed by atoms with van der Waals surface area (Å²) in [6.07, 6.45) is -1.84. The highest BCUT2D eigenvalue weighted by molar-refractivity contribution is 7.87. The zero-order valence-electron chi connectivity index (χ0n) is 16.8. The lowest BCUT2D eigenvalue weighted by Crippen LogP contribution is -2.10. The van der Waals surface area contributed by atoms with Crippen LogP contribution in [0, 0.1) is 0 Å². The number of hydrogen-bond acceptors (Lipinski definition) is 4. The lowest BCUT2D eigenvalue weighted by atomic mass is 9.98. The molecule has 0 aliphatic rings. The Labute approximate surface area is 187 Å². The molecule has 0 aliphatic carbocycles. The molecule has 0 amide bonds. The van der Waals surface area contributed by atoms with Crippen LogP contribution in [0.2, 0.25) is 0 Å². The third-order valence-electron chi connectivity index (χ3n) is 4.94. The van der Waals surface area contributed by atoms with Crippen LogP contribution in [0.1, 0.15) is 0 Å². The molecule has 1 N–H and O–H groups in total. The van der Waals surface area contributed by atoms with Crippen molar-refractivity contribution in [1.29, 1.82) is 0 Å². The average molecular weight is 462 g/mol. The fourth-order valence-electron chi connectivity index (χ4n) is 3.50. The van der Waals surface area contributed by atoms with Crippen molar-refractivity contribution in [1.82, 2.24) is 0 Å². The van der Waals surface area contributed by atoms with Gasteiger partial charge in [-0.3, -0.25) is 0 Å². The Morgan fingerprint density at radius 2 is 1.28 bits per heavy atom. The van der Waals surface area contributed by atoms with Crippen molar-refractivity contribution in [3.63, 3.8) is 0 Å². The normalized spacial score (nSPS) is 11.2. The van der Waals surface area contributed by atoms with E-state index in [0.717, 1.165) is 0 Å². The molecule has 7 heteroatoms. The fourth-order valence-corrected chi connectivity index (χ4v) is 4.55. The lowest BCUT2D eigenvalue weighted by molar-refractivity contribution is 0.147. The van der Waals surface area contributed by atoms with Gasteiger partial charge in [-0.05, 0) is 68.0 Å². The minimum Gasteiger partial charge on any atom is -0.449 e. The SMILES string of the molecule is O=C(O)OS(=O)(=O)c1ccccc1.Pc1ccc2c(ccc3cc4ccccc4cc32)c1. The standard InChI is InChI=1S/C18H13P.C7H6O5S/c19-16-7-8-17-15(10-16)6-5-14-9-12-3-1-2-4-13(12)11-18(14)17;8-7(9)12-13(10,11)6-4-2-1-3-5-6/h1-11H,19H2;1-5H,(H,8,9). The Hall–Kier alpha value is -3.47. The summed E-state index contributed by atoms with van der Waals surface area (Å²) in [7, 11) is -1.40. The first-order valence-corrected chi connectivity index (χ1v) is 11.7. The molecule has 5 aromatic rings. The van der Waals surface area contributed by atoms with E-state index < -0.39 is 16.3 Å². The number of fused-ring (bicyclic) bond motifs is 4. The topological polar surface area (TPSA) is 80.7 Å². The number of hydrogen-bond donors (Lipinski definition) is 1. The highest BCUT2D eigenvalue weighted by Gasteiger charge is 2.18. The van der Waals surface area contributed by atoms with Crippen molar-refractivity contribution in [3.8, 4) is 0 Å². The summed E-state index contributed by atoms with van der Waals surface area (Å²) in [6.45, 7) is 0. The number of rotatable bonds is 2. The molecule has 5 nitrogen and oxygen atoms in total. The maximum Gasteiger partial charge on any atom is 0.522 e.